The Morgan fingerprint density at radius 1 is 1.06 bits per heavy atom. The highest BCUT2D eigenvalue weighted by atomic mass is 15.3. The standard InChI is InChI=1S/C18H20N2.C12H24N2/c1-5-19-18-11-17-10-15(8-9-16(17)12-20-18)14(4)7-6-13(2)3;1-11-3-5-12(6-4-11)14-9-7-13(2)8-10-14/h5,7-12H,1-2,6H2,3-4H3,(H,19,20);11-12H,3-10H2,1-2H3/b14-7+;. The van der Waals surface area contributed by atoms with Crippen LogP contribution < -0.4 is 5.32 Å². The second kappa shape index (κ2) is 12.9. The zero-order valence-electron chi connectivity index (χ0n) is 21.8. The van der Waals surface area contributed by atoms with Crippen molar-refractivity contribution in [1.82, 2.24) is 14.8 Å². The summed E-state index contributed by atoms with van der Waals surface area (Å²) in [4.78, 5) is 9.50. The van der Waals surface area contributed by atoms with Gasteiger partial charge < -0.3 is 10.2 Å². The normalized spacial score (nSPS) is 22.1. The molecule has 2 aliphatic rings. The van der Waals surface area contributed by atoms with Gasteiger partial charge in [-0.3, -0.25) is 4.90 Å². The van der Waals surface area contributed by atoms with Crippen molar-refractivity contribution in [3.8, 4) is 0 Å². The largest absolute Gasteiger partial charge is 0.347 e. The summed E-state index contributed by atoms with van der Waals surface area (Å²) >= 11 is 0. The lowest BCUT2D eigenvalue weighted by atomic mass is 9.86. The number of fused-ring (bicyclic) bond motifs is 1. The number of anilines is 1. The molecule has 1 aromatic carbocycles. The second-order valence-electron chi connectivity index (χ2n) is 10.3. The Morgan fingerprint density at radius 3 is 2.41 bits per heavy atom. The highest BCUT2D eigenvalue weighted by molar-refractivity contribution is 5.87. The maximum absolute atomic E-state index is 4.32. The van der Waals surface area contributed by atoms with Crippen molar-refractivity contribution in [3.63, 3.8) is 0 Å². The first kappa shape index (κ1) is 26.2. The molecular formula is C30H44N4. The summed E-state index contributed by atoms with van der Waals surface area (Å²) in [5.41, 5.74) is 3.67. The van der Waals surface area contributed by atoms with Gasteiger partial charge in [-0.1, -0.05) is 43.9 Å². The van der Waals surface area contributed by atoms with Crippen LogP contribution in [-0.4, -0.2) is 54.1 Å². The molecule has 4 heteroatoms. The zero-order valence-corrected chi connectivity index (χ0v) is 21.8. The molecule has 1 aliphatic carbocycles. The number of aromatic nitrogens is 1. The Bertz CT molecular complexity index is 956. The summed E-state index contributed by atoms with van der Waals surface area (Å²) in [5.74, 6) is 1.80. The van der Waals surface area contributed by atoms with Crippen LogP contribution in [0.4, 0.5) is 5.82 Å². The lowest BCUT2D eigenvalue weighted by molar-refractivity contribution is 0.0832. The summed E-state index contributed by atoms with van der Waals surface area (Å²) < 4.78 is 0. The number of nitrogens with zero attached hydrogens (tertiary/aromatic N) is 3. The van der Waals surface area contributed by atoms with E-state index in [9.17, 15) is 0 Å². The van der Waals surface area contributed by atoms with Gasteiger partial charge in [0.05, 0.1) is 0 Å². The van der Waals surface area contributed by atoms with Gasteiger partial charge in [0.2, 0.25) is 0 Å². The van der Waals surface area contributed by atoms with E-state index in [1.165, 1.54) is 74.0 Å². The minimum Gasteiger partial charge on any atom is -0.347 e. The van der Waals surface area contributed by atoms with Crippen LogP contribution in [0.1, 0.15) is 58.4 Å². The molecule has 1 saturated heterocycles. The number of piperazine rings is 1. The number of rotatable bonds is 6. The van der Waals surface area contributed by atoms with Crippen LogP contribution in [0.25, 0.3) is 16.3 Å². The molecule has 0 amide bonds. The Balaban J connectivity index is 0.000000202. The fourth-order valence-electron chi connectivity index (χ4n) is 4.81. The lowest BCUT2D eigenvalue weighted by Gasteiger charge is -2.40. The van der Waals surface area contributed by atoms with Gasteiger partial charge >= 0.3 is 0 Å². The van der Waals surface area contributed by atoms with Crippen molar-refractivity contribution in [2.24, 2.45) is 5.92 Å². The first-order valence-corrected chi connectivity index (χ1v) is 12.9. The molecular weight excluding hydrogens is 416 g/mol. The van der Waals surface area contributed by atoms with Crippen LogP contribution in [0.3, 0.4) is 0 Å². The summed E-state index contributed by atoms with van der Waals surface area (Å²) in [6.45, 7) is 19.3. The third kappa shape index (κ3) is 7.82. The first-order valence-electron chi connectivity index (χ1n) is 12.9. The Labute approximate surface area is 207 Å². The van der Waals surface area contributed by atoms with Crippen molar-refractivity contribution >= 4 is 22.2 Å². The van der Waals surface area contributed by atoms with E-state index in [0.29, 0.717) is 0 Å². The SMILES string of the molecule is C=CNc1cc2cc(/C(C)=C/CC(=C)C)ccc2cn1.CC1CCC(N2CCN(C)CC2)CC1. The molecule has 2 aromatic rings. The topological polar surface area (TPSA) is 31.4 Å². The summed E-state index contributed by atoms with van der Waals surface area (Å²) in [7, 11) is 2.24. The van der Waals surface area contributed by atoms with E-state index in [1.807, 2.05) is 19.2 Å². The molecule has 0 bridgehead atoms. The number of pyridine rings is 1. The molecule has 1 saturated carbocycles. The van der Waals surface area contributed by atoms with E-state index in [2.05, 4.69) is 78.4 Å². The Kier molecular flexibility index (Phi) is 9.91. The number of nitrogens with one attached hydrogen (secondary N) is 1. The predicted octanol–water partition coefficient (Wildman–Crippen LogP) is 6.97. The smallest absolute Gasteiger partial charge is 0.130 e. The number of allylic oxidation sites excluding steroid dienone is 3. The number of likely N-dealkylation sites (N-methyl/N-ethyl adjacent to an activating group) is 1. The molecule has 4 rings (SSSR count). The third-order valence-electron chi connectivity index (χ3n) is 7.22. The summed E-state index contributed by atoms with van der Waals surface area (Å²) in [5, 5.41) is 5.32. The van der Waals surface area contributed by atoms with Crippen LogP contribution >= 0.6 is 0 Å². The van der Waals surface area contributed by atoms with Gasteiger partial charge in [-0.2, -0.15) is 0 Å². The molecule has 1 aliphatic heterocycles. The van der Waals surface area contributed by atoms with E-state index < -0.39 is 0 Å². The zero-order chi connectivity index (χ0) is 24.5. The van der Waals surface area contributed by atoms with E-state index >= 15 is 0 Å². The molecule has 2 fully saturated rings. The van der Waals surface area contributed by atoms with Gasteiger partial charge in [-0.25, -0.2) is 4.98 Å². The second-order valence-corrected chi connectivity index (χ2v) is 10.3. The van der Waals surface area contributed by atoms with Crippen LogP contribution in [0.5, 0.6) is 0 Å². The van der Waals surface area contributed by atoms with Gasteiger partial charge in [0.15, 0.2) is 0 Å². The quantitative estimate of drug-likeness (QED) is 0.472. The first-order chi connectivity index (χ1) is 16.4. The summed E-state index contributed by atoms with van der Waals surface area (Å²) in [6, 6.07) is 9.38. The van der Waals surface area contributed by atoms with E-state index in [1.54, 1.807) is 6.20 Å². The monoisotopic (exact) mass is 460 g/mol. The van der Waals surface area contributed by atoms with E-state index in [-0.39, 0.29) is 0 Å². The molecule has 1 aromatic heterocycles. The molecule has 0 spiro atoms. The minimum atomic E-state index is 0.813. The number of hydrogen-bond donors (Lipinski definition) is 1. The third-order valence-corrected chi connectivity index (χ3v) is 7.22. The molecule has 0 atom stereocenters. The molecule has 184 valence electrons. The molecule has 0 unspecified atom stereocenters. The van der Waals surface area contributed by atoms with Crippen LogP contribution in [0.15, 0.2) is 61.5 Å². The van der Waals surface area contributed by atoms with Gasteiger partial charge in [-0.15, -0.1) is 0 Å². The Morgan fingerprint density at radius 2 is 1.76 bits per heavy atom. The molecule has 2 heterocycles. The van der Waals surface area contributed by atoms with Crippen molar-refractivity contribution < 1.29 is 0 Å². The van der Waals surface area contributed by atoms with Crippen LogP contribution in [0, 0.1) is 5.92 Å². The van der Waals surface area contributed by atoms with Crippen molar-refractivity contribution in [2.75, 3.05) is 38.5 Å². The van der Waals surface area contributed by atoms with Crippen molar-refractivity contribution in [2.45, 2.75) is 58.9 Å². The fourth-order valence-corrected chi connectivity index (χ4v) is 4.81. The highest BCUT2D eigenvalue weighted by Crippen LogP contribution is 2.27. The molecule has 1 N–H and O–H groups in total. The van der Waals surface area contributed by atoms with Crippen molar-refractivity contribution in [3.05, 3.63) is 67.0 Å². The highest BCUT2D eigenvalue weighted by Gasteiger charge is 2.25. The van der Waals surface area contributed by atoms with E-state index in [0.717, 1.165) is 29.6 Å². The Hall–Kier alpha value is -2.43. The lowest BCUT2D eigenvalue weighted by Crippen LogP contribution is -2.49. The fraction of sp³-hybridized carbons (Fsp3) is 0.500. The van der Waals surface area contributed by atoms with Gasteiger partial charge in [0.1, 0.15) is 5.82 Å². The minimum absolute atomic E-state index is 0.813. The average molecular weight is 461 g/mol. The molecule has 0 radical (unpaired) electrons. The van der Waals surface area contributed by atoms with Gasteiger partial charge in [0, 0.05) is 43.8 Å². The maximum atomic E-state index is 4.32. The maximum Gasteiger partial charge on any atom is 0.130 e. The van der Waals surface area contributed by atoms with Gasteiger partial charge in [0.25, 0.3) is 0 Å². The van der Waals surface area contributed by atoms with Crippen LogP contribution in [0.2, 0.25) is 0 Å². The number of benzene rings is 1. The predicted molar refractivity (Wildman–Crippen MR) is 149 cm³/mol. The summed E-state index contributed by atoms with van der Waals surface area (Å²) in [6.07, 6.45) is 12.5. The molecule has 4 nitrogen and oxygen atoms in total. The average Bonchev–Trinajstić information content (AvgIpc) is 2.84. The van der Waals surface area contributed by atoms with Crippen LogP contribution in [-0.2, 0) is 0 Å². The molecule has 34 heavy (non-hydrogen) atoms. The number of hydrogen-bond acceptors (Lipinski definition) is 4. The van der Waals surface area contributed by atoms with Crippen molar-refractivity contribution in [1.29, 1.82) is 0 Å². The van der Waals surface area contributed by atoms with Gasteiger partial charge in [-0.05, 0) is 93.8 Å². The van der Waals surface area contributed by atoms with E-state index in [4.69, 9.17) is 0 Å².